The molecule has 0 fully saturated rings. The molecule has 0 aliphatic carbocycles. The van der Waals surface area contributed by atoms with E-state index in [2.05, 4.69) is 10.2 Å². The number of carbonyl (C=O) groups is 2. The number of nitrogens with one attached hydrogen (secondary N) is 1. The van der Waals surface area contributed by atoms with Crippen LogP contribution in [0.3, 0.4) is 0 Å². The first-order valence-corrected chi connectivity index (χ1v) is 6.91. The van der Waals surface area contributed by atoms with Crippen molar-refractivity contribution in [2.75, 3.05) is 25.1 Å². The number of benzene rings is 1. The summed E-state index contributed by atoms with van der Waals surface area (Å²) in [6.45, 7) is 1.28. The Morgan fingerprint density at radius 2 is 1.83 bits per heavy atom. The molecular formula is C14H18N2O7. The Labute approximate surface area is 132 Å². The molecule has 1 aromatic carbocycles. The maximum absolute atomic E-state index is 11.4. The van der Waals surface area contributed by atoms with Gasteiger partial charge in [0, 0.05) is 12.6 Å². The standard InChI is InChI=1S/C14H18N2O7/c1-11(17)15-12-4-6-13(7-5-12)22-10-14(18)21-8-2-3-9-23-16(19)20/h4-7H,2-3,8-10H2,1H3,(H,15,17). The fourth-order valence-electron chi connectivity index (χ4n) is 1.55. The zero-order valence-electron chi connectivity index (χ0n) is 12.6. The maximum Gasteiger partial charge on any atom is 0.344 e. The molecule has 0 atom stereocenters. The van der Waals surface area contributed by atoms with Crippen LogP contribution in [0.2, 0.25) is 0 Å². The Hall–Kier alpha value is -2.84. The summed E-state index contributed by atoms with van der Waals surface area (Å²) in [6.07, 6.45) is 0.880. The van der Waals surface area contributed by atoms with Gasteiger partial charge in [-0.15, -0.1) is 10.1 Å². The first-order chi connectivity index (χ1) is 11.0. The van der Waals surface area contributed by atoms with Crippen LogP contribution in [-0.4, -0.2) is 36.8 Å². The van der Waals surface area contributed by atoms with E-state index in [0.717, 1.165) is 0 Å². The SMILES string of the molecule is CC(=O)Nc1ccc(OCC(=O)OCCCCO[N+](=O)[O-])cc1. The molecule has 0 aromatic heterocycles. The minimum Gasteiger partial charge on any atom is -0.482 e. The molecule has 126 valence electrons. The van der Waals surface area contributed by atoms with Gasteiger partial charge in [0.05, 0.1) is 13.2 Å². The summed E-state index contributed by atoms with van der Waals surface area (Å²) >= 11 is 0. The Morgan fingerprint density at radius 1 is 1.17 bits per heavy atom. The van der Waals surface area contributed by atoms with Gasteiger partial charge in [-0.05, 0) is 37.1 Å². The number of amides is 1. The van der Waals surface area contributed by atoms with E-state index < -0.39 is 11.1 Å². The van der Waals surface area contributed by atoms with Crippen molar-refractivity contribution in [1.82, 2.24) is 0 Å². The van der Waals surface area contributed by atoms with Gasteiger partial charge in [0.2, 0.25) is 5.91 Å². The fourth-order valence-corrected chi connectivity index (χ4v) is 1.55. The summed E-state index contributed by atoms with van der Waals surface area (Å²) in [7, 11) is 0. The molecule has 0 aliphatic heterocycles. The van der Waals surface area contributed by atoms with E-state index in [-0.39, 0.29) is 25.7 Å². The predicted octanol–water partition coefficient (Wildman–Crippen LogP) is 1.56. The Bertz CT molecular complexity index is 530. The fraction of sp³-hybridized carbons (Fsp3) is 0.429. The van der Waals surface area contributed by atoms with Crippen LogP contribution < -0.4 is 10.1 Å². The van der Waals surface area contributed by atoms with E-state index in [1.165, 1.54) is 6.92 Å². The second-order valence-electron chi connectivity index (χ2n) is 4.48. The van der Waals surface area contributed by atoms with Gasteiger partial charge in [-0.1, -0.05) is 0 Å². The number of hydrogen-bond acceptors (Lipinski definition) is 7. The molecule has 0 saturated carbocycles. The molecule has 1 rings (SSSR count). The van der Waals surface area contributed by atoms with Crippen LogP contribution >= 0.6 is 0 Å². The molecule has 0 unspecified atom stereocenters. The van der Waals surface area contributed by atoms with Gasteiger partial charge >= 0.3 is 5.97 Å². The third-order valence-electron chi connectivity index (χ3n) is 2.53. The number of esters is 1. The lowest BCUT2D eigenvalue weighted by Gasteiger charge is -2.08. The predicted molar refractivity (Wildman–Crippen MR) is 79.4 cm³/mol. The molecule has 9 heteroatoms. The topological polar surface area (TPSA) is 117 Å². The van der Waals surface area contributed by atoms with Crippen LogP contribution in [0.15, 0.2) is 24.3 Å². The molecule has 1 N–H and O–H groups in total. The van der Waals surface area contributed by atoms with E-state index in [1.54, 1.807) is 24.3 Å². The van der Waals surface area contributed by atoms with E-state index in [0.29, 0.717) is 24.3 Å². The van der Waals surface area contributed by atoms with E-state index in [4.69, 9.17) is 9.47 Å². The van der Waals surface area contributed by atoms with Gasteiger partial charge in [-0.2, -0.15) is 0 Å². The number of rotatable bonds is 10. The van der Waals surface area contributed by atoms with Crippen molar-refractivity contribution < 1.29 is 29.0 Å². The van der Waals surface area contributed by atoms with Gasteiger partial charge < -0.3 is 19.6 Å². The molecule has 23 heavy (non-hydrogen) atoms. The van der Waals surface area contributed by atoms with E-state index >= 15 is 0 Å². The summed E-state index contributed by atoms with van der Waals surface area (Å²) < 4.78 is 10.1. The second-order valence-corrected chi connectivity index (χ2v) is 4.48. The highest BCUT2D eigenvalue weighted by molar-refractivity contribution is 5.88. The Kier molecular flexibility index (Phi) is 7.90. The number of unbranched alkanes of at least 4 members (excludes halogenated alkanes) is 1. The number of ether oxygens (including phenoxy) is 2. The van der Waals surface area contributed by atoms with Crippen LogP contribution in [0.1, 0.15) is 19.8 Å². The van der Waals surface area contributed by atoms with Gasteiger partial charge in [-0.25, -0.2) is 4.79 Å². The molecule has 0 heterocycles. The maximum atomic E-state index is 11.4. The lowest BCUT2D eigenvalue weighted by Crippen LogP contribution is -2.16. The van der Waals surface area contributed by atoms with Crippen molar-refractivity contribution in [3.8, 4) is 5.75 Å². The second kappa shape index (κ2) is 9.98. The van der Waals surface area contributed by atoms with Crippen LogP contribution in [-0.2, 0) is 19.2 Å². The normalized spacial score (nSPS) is 9.78. The zero-order chi connectivity index (χ0) is 17.1. The quantitative estimate of drug-likeness (QED) is 0.300. The van der Waals surface area contributed by atoms with Crippen LogP contribution in [0.25, 0.3) is 0 Å². The minimum atomic E-state index is -0.864. The molecule has 1 aromatic rings. The summed E-state index contributed by atoms with van der Waals surface area (Å²) in [5, 5.41) is 11.6. The molecule has 0 spiro atoms. The monoisotopic (exact) mass is 326 g/mol. The number of carbonyl (C=O) groups excluding carboxylic acids is 2. The number of nitrogens with zero attached hydrogens (tertiary/aromatic N) is 1. The highest BCUT2D eigenvalue weighted by Gasteiger charge is 2.05. The molecule has 0 saturated heterocycles. The summed E-state index contributed by atoms with van der Waals surface area (Å²) in [6, 6.07) is 6.54. The Morgan fingerprint density at radius 3 is 2.43 bits per heavy atom. The van der Waals surface area contributed by atoms with Crippen LogP contribution in [0, 0.1) is 10.1 Å². The van der Waals surface area contributed by atoms with Gasteiger partial charge in [0.25, 0.3) is 5.09 Å². The first kappa shape index (κ1) is 18.2. The Balaban J connectivity index is 2.15. The molecule has 9 nitrogen and oxygen atoms in total. The average molecular weight is 326 g/mol. The van der Waals surface area contributed by atoms with Gasteiger partial charge in [0.15, 0.2) is 6.61 Å². The lowest BCUT2D eigenvalue weighted by atomic mass is 10.3. The van der Waals surface area contributed by atoms with Crippen molar-refractivity contribution in [2.45, 2.75) is 19.8 Å². The molecule has 1 amide bonds. The van der Waals surface area contributed by atoms with Crippen molar-refractivity contribution in [1.29, 1.82) is 0 Å². The molecule has 0 bridgehead atoms. The van der Waals surface area contributed by atoms with Crippen molar-refractivity contribution in [3.63, 3.8) is 0 Å². The summed E-state index contributed by atoms with van der Waals surface area (Å²) in [5.41, 5.74) is 0.629. The van der Waals surface area contributed by atoms with E-state index in [9.17, 15) is 19.7 Å². The minimum absolute atomic E-state index is 0.0261. The lowest BCUT2D eigenvalue weighted by molar-refractivity contribution is -0.757. The molecule has 0 radical (unpaired) electrons. The smallest absolute Gasteiger partial charge is 0.344 e. The third kappa shape index (κ3) is 8.91. The molecular weight excluding hydrogens is 308 g/mol. The van der Waals surface area contributed by atoms with Crippen molar-refractivity contribution in [2.24, 2.45) is 0 Å². The first-order valence-electron chi connectivity index (χ1n) is 6.91. The number of hydrogen-bond donors (Lipinski definition) is 1. The highest BCUT2D eigenvalue weighted by atomic mass is 16.9. The van der Waals surface area contributed by atoms with Crippen LogP contribution in [0.4, 0.5) is 5.69 Å². The largest absolute Gasteiger partial charge is 0.482 e. The van der Waals surface area contributed by atoms with Gasteiger partial charge in [-0.3, -0.25) is 4.79 Å². The number of anilines is 1. The highest BCUT2D eigenvalue weighted by Crippen LogP contribution is 2.15. The third-order valence-corrected chi connectivity index (χ3v) is 2.53. The van der Waals surface area contributed by atoms with Crippen molar-refractivity contribution in [3.05, 3.63) is 34.4 Å². The zero-order valence-corrected chi connectivity index (χ0v) is 12.6. The summed E-state index contributed by atoms with van der Waals surface area (Å²) in [5.74, 6) is -0.243. The summed E-state index contributed by atoms with van der Waals surface area (Å²) in [4.78, 5) is 36.3. The van der Waals surface area contributed by atoms with Crippen molar-refractivity contribution >= 4 is 17.6 Å². The molecule has 0 aliphatic rings. The average Bonchev–Trinajstić information content (AvgIpc) is 2.49. The van der Waals surface area contributed by atoms with Gasteiger partial charge in [0.1, 0.15) is 5.75 Å². The van der Waals surface area contributed by atoms with E-state index in [1.807, 2.05) is 0 Å². The van der Waals surface area contributed by atoms with Crippen LogP contribution in [0.5, 0.6) is 5.75 Å².